The third-order valence-electron chi connectivity index (χ3n) is 7.59. The van der Waals surface area contributed by atoms with E-state index < -0.39 is 29.1 Å². The summed E-state index contributed by atoms with van der Waals surface area (Å²) in [5.41, 5.74) is 7.06. The van der Waals surface area contributed by atoms with E-state index in [-0.39, 0.29) is 47.8 Å². The van der Waals surface area contributed by atoms with E-state index >= 15 is 0 Å². The van der Waals surface area contributed by atoms with Crippen LogP contribution in [-0.2, 0) is 30.6 Å². The van der Waals surface area contributed by atoms with E-state index in [0.29, 0.717) is 41.2 Å². The summed E-state index contributed by atoms with van der Waals surface area (Å²) in [4.78, 5) is 49.1. The van der Waals surface area contributed by atoms with Gasteiger partial charge >= 0.3 is 5.97 Å². The number of nitrogens with one attached hydrogen (secondary N) is 1. The van der Waals surface area contributed by atoms with Crippen molar-refractivity contribution in [3.05, 3.63) is 59.0 Å². The van der Waals surface area contributed by atoms with Crippen molar-refractivity contribution in [2.75, 3.05) is 65.6 Å². The lowest BCUT2D eigenvalue weighted by molar-refractivity contribution is -0.904. The lowest BCUT2D eigenvalue weighted by atomic mass is 9.71. The number of hydrogen-bond donors (Lipinski definition) is 4. The Kier molecular flexibility index (Phi) is 11.7. The number of quaternary nitrogens is 1. The number of nitrogen functional groups attached to an aromatic ring is 1. The summed E-state index contributed by atoms with van der Waals surface area (Å²) in [6, 6.07) is 6.20. The lowest BCUT2D eigenvalue weighted by Crippen LogP contribution is -2.66. The van der Waals surface area contributed by atoms with Crippen molar-refractivity contribution in [1.82, 2.24) is 14.7 Å². The fourth-order valence-electron chi connectivity index (χ4n) is 5.09. The number of amides is 1. The Hall–Kier alpha value is -3.83. The molecule has 1 aromatic carbocycles. The molecule has 1 aromatic heterocycles. The highest BCUT2D eigenvalue weighted by molar-refractivity contribution is 8.00. The standard InChI is InChI=1S/C29H36N6O8S2/c1-35(11-13-36,12-14-37)10-4-5-18-16-44-25-21(20(18)28(40)43-15-17-6-8-19(41-2)9-7-17)24(38)22(25)31-27(39)23(33-42-3)26-32-29(30)45-34-26/h4-9,21-22,25,36-37H,10-16H2,1-3H3,(H2-,30,31,32,34,39)/p+1/b5-4+,33-23-/t21?,22-,25+/m1/s1. The summed E-state index contributed by atoms with van der Waals surface area (Å²) in [6.07, 6.45) is 3.68. The first-order chi connectivity index (χ1) is 21.6. The maximum absolute atomic E-state index is 13.6. The first-order valence-electron chi connectivity index (χ1n) is 14.1. The Labute approximate surface area is 268 Å². The topological polar surface area (TPSA) is 196 Å². The second kappa shape index (κ2) is 15.4. The van der Waals surface area contributed by atoms with Crippen LogP contribution in [0.5, 0.6) is 5.75 Å². The molecule has 0 spiro atoms. The highest BCUT2D eigenvalue weighted by atomic mass is 32.2. The first kappa shape index (κ1) is 34.1. The Morgan fingerprint density at radius 1 is 1.20 bits per heavy atom. The lowest BCUT2D eigenvalue weighted by Gasteiger charge is -2.46. The Bertz CT molecular complexity index is 1470. The molecule has 16 heteroatoms. The molecule has 14 nitrogen and oxygen atoms in total. The second-order valence-electron chi connectivity index (χ2n) is 10.6. The number of aliphatic hydroxyl groups is 2. The van der Waals surface area contributed by atoms with Crippen molar-refractivity contribution in [3.8, 4) is 5.75 Å². The zero-order valence-corrected chi connectivity index (χ0v) is 26.8. The molecular weight excluding hydrogens is 624 g/mol. The number of esters is 1. The van der Waals surface area contributed by atoms with Crippen LogP contribution in [0.4, 0.5) is 5.13 Å². The van der Waals surface area contributed by atoms with Crippen LogP contribution < -0.4 is 15.8 Å². The molecule has 0 radical (unpaired) electrons. The zero-order valence-electron chi connectivity index (χ0n) is 25.2. The van der Waals surface area contributed by atoms with E-state index in [1.807, 2.05) is 13.1 Å². The van der Waals surface area contributed by atoms with Crippen molar-refractivity contribution in [1.29, 1.82) is 0 Å². The van der Waals surface area contributed by atoms with E-state index in [9.17, 15) is 24.6 Å². The quantitative estimate of drug-likeness (QED) is 0.0884. The predicted molar refractivity (Wildman–Crippen MR) is 168 cm³/mol. The van der Waals surface area contributed by atoms with Crippen LogP contribution >= 0.6 is 23.3 Å². The molecule has 1 fully saturated rings. The number of thioether (sulfide) groups is 1. The molecule has 45 heavy (non-hydrogen) atoms. The van der Waals surface area contributed by atoms with Crippen molar-refractivity contribution < 1.29 is 43.4 Å². The van der Waals surface area contributed by atoms with E-state index in [1.54, 1.807) is 37.5 Å². The van der Waals surface area contributed by atoms with Gasteiger partial charge in [-0.2, -0.15) is 21.1 Å². The molecule has 3 atom stereocenters. The van der Waals surface area contributed by atoms with Gasteiger partial charge in [0.25, 0.3) is 5.91 Å². The number of Topliss-reactive ketones (excluding diaryl/α,β-unsaturated/α-hetero) is 1. The first-order valence-corrected chi connectivity index (χ1v) is 15.9. The normalized spacial score (nSPS) is 20.1. The number of benzene rings is 1. The molecule has 0 bridgehead atoms. The van der Waals surface area contributed by atoms with Crippen LogP contribution in [0, 0.1) is 5.92 Å². The Morgan fingerprint density at radius 2 is 1.91 bits per heavy atom. The second-order valence-corrected chi connectivity index (χ2v) is 12.6. The minimum Gasteiger partial charge on any atom is -0.497 e. The summed E-state index contributed by atoms with van der Waals surface area (Å²) in [5, 5.41) is 25.1. The number of ether oxygens (including phenoxy) is 2. The molecule has 242 valence electrons. The molecule has 2 heterocycles. The Balaban J connectivity index is 1.56. The highest BCUT2D eigenvalue weighted by Crippen LogP contribution is 2.46. The van der Waals surface area contributed by atoms with Crippen LogP contribution in [-0.4, -0.2) is 119 Å². The number of hydrogen-bond acceptors (Lipinski definition) is 14. The zero-order chi connectivity index (χ0) is 32.6. The fraction of sp³-hybridized carbons (Fsp3) is 0.448. The summed E-state index contributed by atoms with van der Waals surface area (Å²) >= 11 is 2.33. The van der Waals surface area contributed by atoms with Crippen molar-refractivity contribution in [2.45, 2.75) is 17.9 Å². The minimum absolute atomic E-state index is 0.00915. The molecule has 2 aromatic rings. The number of aromatic nitrogens is 2. The van der Waals surface area contributed by atoms with Gasteiger partial charge in [0, 0.05) is 22.5 Å². The van der Waals surface area contributed by atoms with E-state index in [2.05, 4.69) is 19.8 Å². The number of ketones is 1. The average molecular weight is 662 g/mol. The molecule has 1 unspecified atom stereocenters. The molecule has 1 aliphatic carbocycles. The molecule has 1 aliphatic heterocycles. The number of aliphatic hydroxyl groups excluding tert-OH is 2. The van der Waals surface area contributed by atoms with Crippen LogP contribution in [0.3, 0.4) is 0 Å². The molecule has 1 amide bonds. The number of anilines is 1. The van der Waals surface area contributed by atoms with Gasteiger partial charge in [-0.05, 0) is 29.3 Å². The predicted octanol–water partition coefficient (Wildman–Crippen LogP) is 0.306. The van der Waals surface area contributed by atoms with Crippen LogP contribution in [0.25, 0.3) is 0 Å². The number of methoxy groups -OCH3 is 1. The van der Waals surface area contributed by atoms with Crippen molar-refractivity contribution in [3.63, 3.8) is 0 Å². The van der Waals surface area contributed by atoms with Gasteiger partial charge in [-0.3, -0.25) is 9.59 Å². The van der Waals surface area contributed by atoms with Gasteiger partial charge in [0.05, 0.1) is 45.4 Å². The summed E-state index contributed by atoms with van der Waals surface area (Å²) in [7, 11) is 4.74. The molecule has 4 rings (SSSR count). The van der Waals surface area contributed by atoms with Gasteiger partial charge in [-0.25, -0.2) is 4.79 Å². The number of carbonyl (C=O) groups excluding carboxylic acids is 3. The summed E-state index contributed by atoms with van der Waals surface area (Å²) < 4.78 is 15.3. The highest BCUT2D eigenvalue weighted by Gasteiger charge is 2.56. The van der Waals surface area contributed by atoms with Gasteiger partial charge in [-0.1, -0.05) is 23.4 Å². The van der Waals surface area contributed by atoms with Gasteiger partial charge in [-0.15, -0.1) is 0 Å². The fourth-order valence-corrected chi connectivity index (χ4v) is 7.01. The number of fused-ring (bicyclic) bond motifs is 1. The number of likely N-dealkylation sites (N-methyl/N-ethyl adjacent to an activating group) is 1. The maximum Gasteiger partial charge on any atom is 0.335 e. The van der Waals surface area contributed by atoms with Gasteiger partial charge in [0.1, 0.15) is 38.6 Å². The number of rotatable bonds is 15. The van der Waals surface area contributed by atoms with Gasteiger partial charge < -0.3 is 40.1 Å². The van der Waals surface area contributed by atoms with Gasteiger partial charge in [0.2, 0.25) is 11.5 Å². The smallest absolute Gasteiger partial charge is 0.335 e. The molecule has 5 N–H and O–H groups in total. The third kappa shape index (κ3) is 8.07. The molecule has 1 saturated carbocycles. The molecular formula is C29H37N6O8S2+. The molecule has 0 saturated heterocycles. The average Bonchev–Trinajstić information content (AvgIpc) is 3.46. The number of oxime groups is 1. The van der Waals surface area contributed by atoms with Crippen LogP contribution in [0.15, 0.2) is 52.7 Å². The summed E-state index contributed by atoms with van der Waals surface area (Å²) in [5.74, 6) is -1.45. The maximum atomic E-state index is 13.6. The number of nitrogens with two attached hydrogens (primary N) is 1. The van der Waals surface area contributed by atoms with Crippen molar-refractivity contribution >= 4 is 51.8 Å². The van der Waals surface area contributed by atoms with E-state index in [0.717, 1.165) is 17.1 Å². The minimum atomic E-state index is -0.894. The monoisotopic (exact) mass is 661 g/mol. The van der Waals surface area contributed by atoms with E-state index in [4.69, 9.17) is 20.0 Å². The van der Waals surface area contributed by atoms with Crippen molar-refractivity contribution in [2.24, 2.45) is 11.1 Å². The summed E-state index contributed by atoms with van der Waals surface area (Å²) in [6.45, 7) is 1.28. The van der Waals surface area contributed by atoms with E-state index in [1.165, 1.54) is 18.9 Å². The largest absolute Gasteiger partial charge is 0.497 e. The number of allylic oxidation sites excluding steroid dienone is 1. The van der Waals surface area contributed by atoms with Crippen LogP contribution in [0.2, 0.25) is 0 Å². The Morgan fingerprint density at radius 3 is 2.51 bits per heavy atom. The molecule has 2 aliphatic rings. The number of carbonyl (C=O) groups is 3. The third-order valence-corrected chi connectivity index (χ3v) is 9.54. The van der Waals surface area contributed by atoms with Crippen LogP contribution in [0.1, 0.15) is 11.4 Å². The number of nitrogens with zero attached hydrogens (tertiary/aromatic N) is 4. The SMILES string of the molecule is CO/N=C(\C(=O)N[C@@H]1C(=O)C2C(C(=O)OCc3ccc(OC)cc3)=C(/C=C/C[N+](C)(CCO)CCO)CS[C@@H]21)c1nsc(N)n1. The van der Waals surface area contributed by atoms with Gasteiger partial charge in [0.15, 0.2) is 10.9 Å².